The molecular weight excluding hydrogens is 391 g/mol. The van der Waals surface area contributed by atoms with Crippen LogP contribution in [0.3, 0.4) is 0 Å². The molecule has 0 saturated heterocycles. The highest BCUT2D eigenvalue weighted by atomic mass is 35.5. The molecule has 0 amide bonds. The van der Waals surface area contributed by atoms with E-state index in [9.17, 15) is 4.79 Å². The second-order valence-corrected chi connectivity index (χ2v) is 10.1. The Morgan fingerprint density at radius 3 is 2.54 bits per heavy atom. The van der Waals surface area contributed by atoms with Crippen molar-refractivity contribution in [2.45, 2.75) is 74.8 Å². The summed E-state index contributed by atoms with van der Waals surface area (Å²) in [7, 11) is 1.83. The van der Waals surface area contributed by atoms with Gasteiger partial charge in [0.05, 0.1) is 17.7 Å². The second-order valence-electron chi connectivity index (χ2n) is 7.85. The third kappa shape index (κ3) is 4.53. The Morgan fingerprint density at radius 2 is 1.88 bits per heavy atom. The zero-order valence-corrected chi connectivity index (χ0v) is 18.0. The van der Waals surface area contributed by atoms with Crippen LogP contribution in [0, 0.1) is 18.8 Å². The molecule has 2 aliphatic rings. The summed E-state index contributed by atoms with van der Waals surface area (Å²) in [5.41, 5.74) is 1.30. The first kappa shape index (κ1) is 20.3. The SMILES string of the molecule is Cc1nn(C)c(OSC2CCC(C)CC2)c1C(=O)C1CCC(Cl)CC1Cl. The fraction of sp³-hybridized carbons (Fsp3) is 0.789. The number of carbonyl (C=O) groups excluding carboxylic acids is 1. The van der Waals surface area contributed by atoms with Crippen LogP contribution in [-0.2, 0) is 7.05 Å². The van der Waals surface area contributed by atoms with Gasteiger partial charge in [0.15, 0.2) is 5.78 Å². The fourth-order valence-corrected chi connectivity index (χ4v) is 5.75. The van der Waals surface area contributed by atoms with Crippen LogP contribution in [-0.4, -0.2) is 31.6 Å². The topological polar surface area (TPSA) is 44.1 Å². The number of hydrogen-bond donors (Lipinski definition) is 0. The molecule has 0 radical (unpaired) electrons. The maximum absolute atomic E-state index is 13.2. The van der Waals surface area contributed by atoms with E-state index in [1.165, 1.54) is 24.9 Å². The number of aromatic nitrogens is 2. The molecule has 1 heterocycles. The van der Waals surface area contributed by atoms with Gasteiger partial charge in [-0.05, 0) is 57.8 Å². The highest BCUT2D eigenvalue weighted by Crippen LogP contribution is 2.38. The van der Waals surface area contributed by atoms with Gasteiger partial charge in [-0.3, -0.25) is 4.79 Å². The average Bonchev–Trinajstić information content (AvgIpc) is 2.87. The molecule has 0 aliphatic heterocycles. The van der Waals surface area contributed by atoms with Crippen LogP contribution in [0.5, 0.6) is 5.88 Å². The Labute approximate surface area is 170 Å². The molecule has 1 aromatic rings. The summed E-state index contributed by atoms with van der Waals surface area (Å²) >= 11 is 14.2. The molecule has 4 nitrogen and oxygen atoms in total. The van der Waals surface area contributed by atoms with Gasteiger partial charge in [-0.2, -0.15) is 5.10 Å². The van der Waals surface area contributed by atoms with Crippen molar-refractivity contribution in [2.75, 3.05) is 0 Å². The van der Waals surface area contributed by atoms with Gasteiger partial charge in [0, 0.05) is 29.0 Å². The van der Waals surface area contributed by atoms with Crippen molar-refractivity contribution < 1.29 is 8.98 Å². The molecule has 26 heavy (non-hydrogen) atoms. The summed E-state index contributed by atoms with van der Waals surface area (Å²) in [5.74, 6) is 1.21. The van der Waals surface area contributed by atoms with Crippen LogP contribution in [0.15, 0.2) is 0 Å². The summed E-state index contributed by atoms with van der Waals surface area (Å²) in [4.78, 5) is 13.2. The minimum absolute atomic E-state index is 0.0482. The molecule has 0 aromatic carbocycles. The first-order valence-electron chi connectivity index (χ1n) is 9.56. The van der Waals surface area contributed by atoms with Gasteiger partial charge in [0.2, 0.25) is 5.88 Å². The summed E-state index contributed by atoms with van der Waals surface area (Å²) in [5, 5.41) is 4.76. The van der Waals surface area contributed by atoms with Crippen molar-refractivity contribution in [3.63, 3.8) is 0 Å². The van der Waals surface area contributed by atoms with Gasteiger partial charge in [0.1, 0.15) is 5.56 Å². The van der Waals surface area contributed by atoms with Gasteiger partial charge in [0.25, 0.3) is 0 Å². The minimum Gasteiger partial charge on any atom is -0.405 e. The van der Waals surface area contributed by atoms with Crippen LogP contribution < -0.4 is 4.18 Å². The standard InChI is InChI=1S/C19H28Cl2N2O2S/c1-11-4-7-14(8-5-11)26-25-19-17(12(2)22-23(19)3)18(24)15-9-6-13(20)10-16(15)21/h11,13-16H,4-10H2,1-3H3. The van der Waals surface area contributed by atoms with Crippen LogP contribution in [0.1, 0.15) is 67.9 Å². The number of Topliss-reactive ketones (excluding diaryl/α,β-unsaturated/α-hetero) is 1. The van der Waals surface area contributed by atoms with E-state index < -0.39 is 0 Å². The lowest BCUT2D eigenvalue weighted by Crippen LogP contribution is -2.32. The van der Waals surface area contributed by atoms with E-state index in [-0.39, 0.29) is 22.5 Å². The van der Waals surface area contributed by atoms with Crippen LogP contribution in [0.25, 0.3) is 0 Å². The van der Waals surface area contributed by atoms with Crippen molar-refractivity contribution in [2.24, 2.45) is 18.9 Å². The van der Waals surface area contributed by atoms with Crippen molar-refractivity contribution >= 4 is 41.0 Å². The Hall–Kier alpha value is -0.390. The molecular formula is C19H28Cl2N2O2S. The quantitative estimate of drug-likeness (QED) is 0.358. The van der Waals surface area contributed by atoms with Gasteiger partial charge < -0.3 is 4.18 Å². The Balaban J connectivity index is 1.72. The average molecular weight is 419 g/mol. The third-order valence-corrected chi connectivity index (χ3v) is 7.56. The lowest BCUT2D eigenvalue weighted by molar-refractivity contribution is 0.0892. The van der Waals surface area contributed by atoms with E-state index in [1.807, 2.05) is 14.0 Å². The number of ketones is 1. The summed E-state index contributed by atoms with van der Waals surface area (Å²) in [6.07, 6.45) is 7.03. The van der Waals surface area contributed by atoms with Gasteiger partial charge in [-0.15, -0.1) is 23.2 Å². The Morgan fingerprint density at radius 1 is 1.19 bits per heavy atom. The predicted molar refractivity (Wildman–Crippen MR) is 109 cm³/mol. The predicted octanol–water partition coefficient (Wildman–Crippen LogP) is 5.53. The largest absolute Gasteiger partial charge is 0.405 e. The van der Waals surface area contributed by atoms with Crippen LogP contribution in [0.4, 0.5) is 0 Å². The van der Waals surface area contributed by atoms with Crippen molar-refractivity contribution in [1.29, 1.82) is 0 Å². The number of alkyl halides is 2. The maximum Gasteiger partial charge on any atom is 0.237 e. The molecule has 7 heteroatoms. The van der Waals surface area contributed by atoms with Crippen molar-refractivity contribution in [1.82, 2.24) is 9.78 Å². The number of hydrogen-bond acceptors (Lipinski definition) is 4. The molecule has 146 valence electrons. The molecule has 1 aromatic heterocycles. The maximum atomic E-state index is 13.2. The number of nitrogens with zero attached hydrogens (tertiary/aromatic N) is 2. The van der Waals surface area contributed by atoms with E-state index in [1.54, 1.807) is 4.68 Å². The van der Waals surface area contributed by atoms with Crippen molar-refractivity contribution in [3.8, 4) is 5.88 Å². The summed E-state index contributed by atoms with van der Waals surface area (Å²) in [6, 6.07) is 0. The molecule has 3 unspecified atom stereocenters. The minimum atomic E-state index is -0.223. The van der Waals surface area contributed by atoms with Crippen LogP contribution >= 0.6 is 35.2 Å². The van der Waals surface area contributed by atoms with Crippen molar-refractivity contribution in [3.05, 3.63) is 11.3 Å². The monoisotopic (exact) mass is 418 g/mol. The Kier molecular flexibility index (Phi) is 6.84. The van der Waals surface area contributed by atoms with Crippen LogP contribution in [0.2, 0.25) is 0 Å². The van der Waals surface area contributed by atoms with E-state index in [0.717, 1.165) is 31.6 Å². The first-order valence-corrected chi connectivity index (χ1v) is 11.2. The normalized spacial score (nSPS) is 32.4. The highest BCUT2D eigenvalue weighted by molar-refractivity contribution is 7.95. The summed E-state index contributed by atoms with van der Waals surface area (Å²) < 4.78 is 7.74. The number of halogens is 2. The van der Waals surface area contributed by atoms with Gasteiger partial charge in [-0.25, -0.2) is 4.68 Å². The lowest BCUT2D eigenvalue weighted by atomic mass is 9.83. The summed E-state index contributed by atoms with van der Waals surface area (Å²) in [6.45, 7) is 4.17. The zero-order valence-electron chi connectivity index (χ0n) is 15.7. The number of rotatable bonds is 5. The highest BCUT2D eigenvalue weighted by Gasteiger charge is 2.37. The fourth-order valence-electron chi connectivity index (χ4n) is 4.00. The molecule has 3 rings (SSSR count). The molecule has 3 atom stereocenters. The van der Waals surface area contributed by atoms with Gasteiger partial charge in [-0.1, -0.05) is 6.92 Å². The second kappa shape index (κ2) is 8.74. The molecule has 0 N–H and O–H groups in total. The number of carbonyl (C=O) groups is 1. The van der Waals surface area contributed by atoms with E-state index in [4.69, 9.17) is 27.4 Å². The molecule has 2 saturated carbocycles. The van der Waals surface area contributed by atoms with E-state index in [2.05, 4.69) is 12.0 Å². The first-order chi connectivity index (χ1) is 12.4. The molecule has 2 fully saturated rings. The lowest BCUT2D eigenvalue weighted by Gasteiger charge is -2.29. The number of aryl methyl sites for hydroxylation is 2. The Bertz CT molecular complexity index is 644. The third-order valence-electron chi connectivity index (χ3n) is 5.69. The van der Waals surface area contributed by atoms with E-state index in [0.29, 0.717) is 28.8 Å². The molecule has 2 aliphatic carbocycles. The smallest absolute Gasteiger partial charge is 0.237 e. The zero-order chi connectivity index (χ0) is 18.8. The molecule has 0 bridgehead atoms. The van der Waals surface area contributed by atoms with E-state index >= 15 is 0 Å². The molecule has 0 spiro atoms. The van der Waals surface area contributed by atoms with Gasteiger partial charge >= 0.3 is 0 Å².